The van der Waals surface area contributed by atoms with Gasteiger partial charge in [-0.25, -0.2) is 0 Å². The zero-order valence-electron chi connectivity index (χ0n) is 7.45. The van der Waals surface area contributed by atoms with E-state index < -0.39 is 12.8 Å². The van der Waals surface area contributed by atoms with Crippen LogP contribution in [0.3, 0.4) is 0 Å². The third-order valence-corrected chi connectivity index (χ3v) is 1.55. The van der Waals surface area contributed by atoms with Crippen LogP contribution in [0.2, 0.25) is 0 Å². The fraction of sp³-hybridized carbons (Fsp3) is 1.00. The lowest BCUT2D eigenvalue weighted by Crippen LogP contribution is -2.22. The van der Waals surface area contributed by atoms with Gasteiger partial charge in [-0.2, -0.15) is 13.2 Å². The molecule has 0 saturated carbocycles. The Labute approximate surface area is 70.9 Å². The van der Waals surface area contributed by atoms with Crippen molar-refractivity contribution in [2.45, 2.75) is 45.4 Å². The highest BCUT2D eigenvalue weighted by atomic mass is 19.4. The molecule has 0 rings (SSSR count). The number of alkyl halides is 3. The molecule has 0 aliphatic rings. The Kier molecular flexibility index (Phi) is 5.29. The molecule has 1 atom stereocenters. The molecule has 0 aromatic rings. The first-order valence-electron chi connectivity index (χ1n) is 4.18. The van der Waals surface area contributed by atoms with Crippen molar-refractivity contribution in [1.29, 1.82) is 0 Å². The summed E-state index contributed by atoms with van der Waals surface area (Å²) in [5.41, 5.74) is 0. The second-order valence-electron chi connectivity index (χ2n) is 2.75. The minimum Gasteiger partial charge on any atom is -0.369 e. The molecule has 12 heavy (non-hydrogen) atoms. The Balaban J connectivity index is 3.58. The van der Waals surface area contributed by atoms with Crippen LogP contribution in [0.1, 0.15) is 33.1 Å². The van der Waals surface area contributed by atoms with Crippen LogP contribution < -0.4 is 0 Å². The first-order valence-corrected chi connectivity index (χ1v) is 4.18. The van der Waals surface area contributed by atoms with Gasteiger partial charge in [-0.15, -0.1) is 0 Å². The largest absolute Gasteiger partial charge is 0.411 e. The third-order valence-electron chi connectivity index (χ3n) is 1.55. The van der Waals surface area contributed by atoms with Gasteiger partial charge in [0.2, 0.25) is 0 Å². The number of rotatable bonds is 5. The van der Waals surface area contributed by atoms with Crippen LogP contribution >= 0.6 is 0 Å². The monoisotopic (exact) mass is 184 g/mol. The molecule has 0 radical (unpaired) electrons. The van der Waals surface area contributed by atoms with E-state index in [9.17, 15) is 13.2 Å². The Morgan fingerprint density at radius 1 is 1.25 bits per heavy atom. The van der Waals surface area contributed by atoms with E-state index in [1.54, 1.807) is 0 Å². The van der Waals surface area contributed by atoms with E-state index in [1.165, 1.54) is 0 Å². The number of halogens is 3. The van der Waals surface area contributed by atoms with Crippen LogP contribution in [-0.4, -0.2) is 18.9 Å². The van der Waals surface area contributed by atoms with Gasteiger partial charge in [-0.3, -0.25) is 0 Å². The predicted octanol–water partition coefficient (Wildman–Crippen LogP) is 3.14. The summed E-state index contributed by atoms with van der Waals surface area (Å²) in [6.07, 6.45) is -2.23. The van der Waals surface area contributed by atoms with Crippen molar-refractivity contribution < 1.29 is 17.9 Å². The van der Waals surface area contributed by atoms with Gasteiger partial charge in [-0.1, -0.05) is 20.3 Å². The minimum absolute atomic E-state index is 0.239. The third kappa shape index (κ3) is 6.46. The van der Waals surface area contributed by atoms with Crippen molar-refractivity contribution in [1.82, 2.24) is 0 Å². The van der Waals surface area contributed by atoms with Crippen molar-refractivity contribution >= 4 is 0 Å². The molecular formula is C8H15F3O. The van der Waals surface area contributed by atoms with E-state index >= 15 is 0 Å². The molecule has 74 valence electrons. The SMILES string of the molecule is CCCC(CC)OCC(F)(F)F. The number of hydrogen-bond donors (Lipinski definition) is 0. The van der Waals surface area contributed by atoms with Gasteiger partial charge in [0, 0.05) is 0 Å². The zero-order valence-corrected chi connectivity index (χ0v) is 7.45. The summed E-state index contributed by atoms with van der Waals surface area (Å²) in [4.78, 5) is 0. The van der Waals surface area contributed by atoms with E-state index in [4.69, 9.17) is 0 Å². The predicted molar refractivity (Wildman–Crippen MR) is 41.0 cm³/mol. The smallest absolute Gasteiger partial charge is 0.369 e. The van der Waals surface area contributed by atoms with Crippen LogP contribution in [0.25, 0.3) is 0 Å². The number of ether oxygens (including phenoxy) is 1. The Morgan fingerprint density at radius 2 is 1.83 bits per heavy atom. The second kappa shape index (κ2) is 5.41. The van der Waals surface area contributed by atoms with Gasteiger partial charge >= 0.3 is 6.18 Å². The fourth-order valence-corrected chi connectivity index (χ4v) is 0.940. The average Bonchev–Trinajstić information content (AvgIpc) is 1.96. The van der Waals surface area contributed by atoms with Gasteiger partial charge in [0.1, 0.15) is 6.61 Å². The van der Waals surface area contributed by atoms with Crippen molar-refractivity contribution in [3.05, 3.63) is 0 Å². The summed E-state index contributed by atoms with van der Waals surface area (Å²) >= 11 is 0. The van der Waals surface area contributed by atoms with Crippen LogP contribution in [0.4, 0.5) is 13.2 Å². The molecule has 0 spiro atoms. The second-order valence-corrected chi connectivity index (χ2v) is 2.75. The van der Waals surface area contributed by atoms with Crippen molar-refractivity contribution in [2.75, 3.05) is 6.61 Å². The van der Waals surface area contributed by atoms with E-state index in [0.29, 0.717) is 12.8 Å². The Morgan fingerprint density at radius 3 is 2.17 bits per heavy atom. The van der Waals surface area contributed by atoms with E-state index in [-0.39, 0.29) is 6.10 Å². The van der Waals surface area contributed by atoms with Crippen LogP contribution in [0, 0.1) is 0 Å². The molecule has 0 bridgehead atoms. The lowest BCUT2D eigenvalue weighted by Gasteiger charge is -2.16. The van der Waals surface area contributed by atoms with Gasteiger partial charge < -0.3 is 4.74 Å². The first kappa shape index (κ1) is 11.8. The molecule has 0 amide bonds. The van der Waals surface area contributed by atoms with Crippen LogP contribution in [0.15, 0.2) is 0 Å². The molecule has 0 aliphatic carbocycles. The van der Waals surface area contributed by atoms with Crippen molar-refractivity contribution in [3.63, 3.8) is 0 Å². The molecule has 0 aromatic heterocycles. The zero-order chi connectivity index (χ0) is 9.61. The molecule has 4 heteroatoms. The molecule has 0 heterocycles. The molecule has 0 aliphatic heterocycles. The lowest BCUT2D eigenvalue weighted by molar-refractivity contribution is -0.186. The van der Waals surface area contributed by atoms with E-state index in [2.05, 4.69) is 4.74 Å². The molecule has 1 nitrogen and oxygen atoms in total. The van der Waals surface area contributed by atoms with Crippen molar-refractivity contribution in [2.24, 2.45) is 0 Å². The molecule has 0 aromatic carbocycles. The summed E-state index contributed by atoms with van der Waals surface area (Å²) in [5, 5.41) is 0. The summed E-state index contributed by atoms with van der Waals surface area (Å²) in [7, 11) is 0. The highest BCUT2D eigenvalue weighted by molar-refractivity contribution is 4.56. The maximum Gasteiger partial charge on any atom is 0.411 e. The standard InChI is InChI=1S/C8H15F3O/c1-3-5-7(4-2)12-6-8(9,10)11/h7H,3-6H2,1-2H3. The summed E-state index contributed by atoms with van der Waals surface area (Å²) in [6.45, 7) is 2.64. The molecule has 1 unspecified atom stereocenters. The Bertz CT molecular complexity index is 111. The van der Waals surface area contributed by atoms with E-state index in [0.717, 1.165) is 6.42 Å². The first-order chi connectivity index (χ1) is 5.49. The summed E-state index contributed by atoms with van der Waals surface area (Å²) in [5.74, 6) is 0. The minimum atomic E-state index is -4.19. The van der Waals surface area contributed by atoms with Gasteiger partial charge in [0.25, 0.3) is 0 Å². The molecule has 0 N–H and O–H groups in total. The maximum atomic E-state index is 11.7. The van der Waals surface area contributed by atoms with E-state index in [1.807, 2.05) is 13.8 Å². The Hall–Kier alpha value is -0.250. The van der Waals surface area contributed by atoms with Crippen LogP contribution in [0.5, 0.6) is 0 Å². The molecular weight excluding hydrogens is 169 g/mol. The lowest BCUT2D eigenvalue weighted by atomic mass is 10.2. The summed E-state index contributed by atoms with van der Waals surface area (Å²) < 4.78 is 39.7. The quantitative estimate of drug-likeness (QED) is 0.637. The number of hydrogen-bond acceptors (Lipinski definition) is 1. The normalized spacial score (nSPS) is 14.8. The average molecular weight is 184 g/mol. The maximum absolute atomic E-state index is 11.7. The highest BCUT2D eigenvalue weighted by Crippen LogP contribution is 2.17. The molecule has 0 saturated heterocycles. The highest BCUT2D eigenvalue weighted by Gasteiger charge is 2.28. The summed E-state index contributed by atoms with van der Waals surface area (Å²) in [6, 6.07) is 0. The van der Waals surface area contributed by atoms with Gasteiger partial charge in [0.15, 0.2) is 0 Å². The van der Waals surface area contributed by atoms with Crippen molar-refractivity contribution in [3.8, 4) is 0 Å². The van der Waals surface area contributed by atoms with Gasteiger partial charge in [0.05, 0.1) is 6.10 Å². The van der Waals surface area contributed by atoms with Gasteiger partial charge in [-0.05, 0) is 12.8 Å². The molecule has 0 fully saturated rings. The van der Waals surface area contributed by atoms with Crippen LogP contribution in [-0.2, 0) is 4.74 Å². The fourth-order valence-electron chi connectivity index (χ4n) is 0.940. The topological polar surface area (TPSA) is 9.23 Å².